The summed E-state index contributed by atoms with van der Waals surface area (Å²) in [6.45, 7) is 0. The van der Waals surface area contributed by atoms with E-state index in [0.717, 1.165) is 5.69 Å². The molecule has 1 aliphatic rings. The fraction of sp³-hybridized carbons (Fsp3) is 0.636. The molecule has 0 saturated heterocycles. The van der Waals surface area contributed by atoms with Gasteiger partial charge in [0.1, 0.15) is 0 Å². The van der Waals surface area contributed by atoms with Crippen molar-refractivity contribution >= 4 is 11.6 Å². The predicted molar refractivity (Wildman–Crippen MR) is 57.5 cm³/mol. The summed E-state index contributed by atoms with van der Waals surface area (Å²) in [6.07, 6.45) is 9.46. The summed E-state index contributed by atoms with van der Waals surface area (Å²) >= 11 is 5.90. The average Bonchev–Trinajstić information content (AvgIpc) is 2.45. The van der Waals surface area contributed by atoms with Crippen LogP contribution in [-0.2, 0) is 0 Å². The van der Waals surface area contributed by atoms with Crippen molar-refractivity contribution in [1.82, 2.24) is 10.2 Å². The number of hydrogen-bond acceptors (Lipinski definition) is 2. The number of hydrogen-bond donors (Lipinski definition) is 0. The second-order valence-corrected chi connectivity index (χ2v) is 4.42. The van der Waals surface area contributed by atoms with E-state index in [9.17, 15) is 0 Å². The first-order chi connectivity index (χ1) is 6.86. The molecule has 14 heavy (non-hydrogen) atoms. The van der Waals surface area contributed by atoms with Crippen LogP contribution < -0.4 is 0 Å². The van der Waals surface area contributed by atoms with Crippen LogP contribution in [0.25, 0.3) is 0 Å². The van der Waals surface area contributed by atoms with E-state index in [1.165, 1.54) is 38.5 Å². The first kappa shape index (κ1) is 9.91. The Kier molecular flexibility index (Phi) is 3.35. The van der Waals surface area contributed by atoms with Crippen molar-refractivity contribution in [3.05, 3.63) is 23.0 Å². The summed E-state index contributed by atoms with van der Waals surface area (Å²) in [4.78, 5) is 0. The lowest BCUT2D eigenvalue weighted by atomic mass is 9.96. The van der Waals surface area contributed by atoms with E-state index in [2.05, 4.69) is 10.2 Å². The molecule has 0 atom stereocenters. The molecule has 0 radical (unpaired) electrons. The summed E-state index contributed by atoms with van der Waals surface area (Å²) in [6, 6.07) is 1.96. The van der Waals surface area contributed by atoms with Crippen molar-refractivity contribution < 1.29 is 0 Å². The SMILES string of the molecule is Clc1cnnc(C2CCCCCC2)c1. The van der Waals surface area contributed by atoms with Crippen LogP contribution in [0, 0.1) is 0 Å². The fourth-order valence-corrected chi connectivity index (χ4v) is 2.29. The van der Waals surface area contributed by atoms with Crippen LogP contribution in [0.2, 0.25) is 5.02 Å². The van der Waals surface area contributed by atoms with E-state index in [-0.39, 0.29) is 0 Å². The first-order valence-electron chi connectivity index (χ1n) is 5.34. The zero-order valence-corrected chi connectivity index (χ0v) is 9.00. The smallest absolute Gasteiger partial charge is 0.0682 e. The van der Waals surface area contributed by atoms with Gasteiger partial charge in [-0.25, -0.2) is 0 Å². The van der Waals surface area contributed by atoms with Crippen LogP contribution >= 0.6 is 11.6 Å². The lowest BCUT2D eigenvalue weighted by Gasteiger charge is -2.11. The Morgan fingerprint density at radius 2 is 1.86 bits per heavy atom. The number of rotatable bonds is 1. The Morgan fingerprint density at radius 1 is 1.14 bits per heavy atom. The second kappa shape index (κ2) is 4.74. The summed E-state index contributed by atoms with van der Waals surface area (Å²) in [5.74, 6) is 0.587. The van der Waals surface area contributed by atoms with Gasteiger partial charge in [0.2, 0.25) is 0 Å². The van der Waals surface area contributed by atoms with E-state index < -0.39 is 0 Å². The molecule has 1 aromatic heterocycles. The minimum absolute atomic E-state index is 0.587. The minimum atomic E-state index is 0.587. The van der Waals surface area contributed by atoms with Crippen LogP contribution in [0.1, 0.15) is 50.1 Å². The molecule has 1 heterocycles. The normalized spacial score (nSPS) is 19.2. The highest BCUT2D eigenvalue weighted by molar-refractivity contribution is 6.30. The van der Waals surface area contributed by atoms with Crippen molar-refractivity contribution in [1.29, 1.82) is 0 Å². The Morgan fingerprint density at radius 3 is 2.50 bits per heavy atom. The molecule has 0 unspecified atom stereocenters. The van der Waals surface area contributed by atoms with Crippen molar-refractivity contribution in [3.63, 3.8) is 0 Å². The van der Waals surface area contributed by atoms with Crippen LogP contribution in [0.5, 0.6) is 0 Å². The molecule has 1 aliphatic carbocycles. The standard InChI is InChI=1S/C11H15ClN2/c12-10-7-11(14-13-8-10)9-5-3-1-2-4-6-9/h7-9H,1-6H2. The molecule has 2 rings (SSSR count). The Hall–Kier alpha value is -0.630. The number of aromatic nitrogens is 2. The molecule has 0 amide bonds. The third-order valence-electron chi connectivity index (χ3n) is 2.91. The van der Waals surface area contributed by atoms with Gasteiger partial charge in [0.05, 0.1) is 16.9 Å². The van der Waals surface area contributed by atoms with Gasteiger partial charge >= 0.3 is 0 Å². The van der Waals surface area contributed by atoms with Crippen molar-refractivity contribution in [2.75, 3.05) is 0 Å². The highest BCUT2D eigenvalue weighted by Gasteiger charge is 2.15. The second-order valence-electron chi connectivity index (χ2n) is 3.99. The van der Waals surface area contributed by atoms with E-state index in [0.29, 0.717) is 10.9 Å². The summed E-state index contributed by atoms with van der Waals surface area (Å²) in [5.41, 5.74) is 1.08. The summed E-state index contributed by atoms with van der Waals surface area (Å²) < 4.78 is 0. The van der Waals surface area contributed by atoms with Crippen molar-refractivity contribution in [2.45, 2.75) is 44.4 Å². The Labute approximate surface area is 89.7 Å². The highest BCUT2D eigenvalue weighted by atomic mass is 35.5. The number of nitrogens with zero attached hydrogens (tertiary/aromatic N) is 2. The van der Waals surface area contributed by atoms with Crippen LogP contribution in [0.4, 0.5) is 0 Å². The lowest BCUT2D eigenvalue weighted by Crippen LogP contribution is -2.01. The van der Waals surface area contributed by atoms with Crippen molar-refractivity contribution in [3.8, 4) is 0 Å². The molecule has 1 fully saturated rings. The molecule has 0 aromatic carbocycles. The third kappa shape index (κ3) is 2.44. The zero-order chi connectivity index (χ0) is 9.80. The first-order valence-corrected chi connectivity index (χ1v) is 5.72. The zero-order valence-electron chi connectivity index (χ0n) is 8.25. The summed E-state index contributed by atoms with van der Waals surface area (Å²) in [7, 11) is 0. The molecule has 1 saturated carbocycles. The van der Waals surface area contributed by atoms with Gasteiger partial charge in [0, 0.05) is 5.92 Å². The quantitative estimate of drug-likeness (QED) is 0.663. The molecule has 3 heteroatoms. The van der Waals surface area contributed by atoms with Gasteiger partial charge < -0.3 is 0 Å². The van der Waals surface area contributed by atoms with Crippen LogP contribution in [0.15, 0.2) is 12.3 Å². The molecule has 0 N–H and O–H groups in total. The van der Waals surface area contributed by atoms with Gasteiger partial charge in [0.25, 0.3) is 0 Å². The van der Waals surface area contributed by atoms with Gasteiger partial charge in [-0.2, -0.15) is 10.2 Å². The largest absolute Gasteiger partial charge is 0.157 e. The van der Waals surface area contributed by atoms with Gasteiger partial charge in [-0.05, 0) is 18.9 Å². The monoisotopic (exact) mass is 210 g/mol. The van der Waals surface area contributed by atoms with E-state index in [1.54, 1.807) is 6.20 Å². The average molecular weight is 211 g/mol. The van der Waals surface area contributed by atoms with Crippen LogP contribution in [0.3, 0.4) is 0 Å². The van der Waals surface area contributed by atoms with E-state index >= 15 is 0 Å². The fourth-order valence-electron chi connectivity index (χ4n) is 2.13. The van der Waals surface area contributed by atoms with Gasteiger partial charge in [0.15, 0.2) is 0 Å². The molecule has 1 aromatic rings. The minimum Gasteiger partial charge on any atom is -0.157 e. The van der Waals surface area contributed by atoms with Gasteiger partial charge in [-0.3, -0.25) is 0 Å². The maximum Gasteiger partial charge on any atom is 0.0682 e. The van der Waals surface area contributed by atoms with Crippen molar-refractivity contribution in [2.24, 2.45) is 0 Å². The maximum atomic E-state index is 5.90. The van der Waals surface area contributed by atoms with E-state index in [1.807, 2.05) is 6.07 Å². The lowest BCUT2D eigenvalue weighted by molar-refractivity contribution is 0.570. The molecule has 76 valence electrons. The highest BCUT2D eigenvalue weighted by Crippen LogP contribution is 2.30. The molecule has 0 bridgehead atoms. The Balaban J connectivity index is 2.12. The molecular formula is C11H15ClN2. The molecular weight excluding hydrogens is 196 g/mol. The van der Waals surface area contributed by atoms with Gasteiger partial charge in [-0.15, -0.1) is 0 Å². The molecule has 0 aliphatic heterocycles. The van der Waals surface area contributed by atoms with Crippen LogP contribution in [-0.4, -0.2) is 10.2 Å². The molecule has 0 spiro atoms. The Bertz CT molecular complexity index is 293. The van der Waals surface area contributed by atoms with E-state index in [4.69, 9.17) is 11.6 Å². The topological polar surface area (TPSA) is 25.8 Å². The molecule has 2 nitrogen and oxygen atoms in total. The predicted octanol–water partition coefficient (Wildman–Crippen LogP) is 3.57. The number of halogens is 1. The summed E-state index contributed by atoms with van der Waals surface area (Å²) in [5, 5.41) is 8.79. The third-order valence-corrected chi connectivity index (χ3v) is 3.12. The van der Waals surface area contributed by atoms with Gasteiger partial charge in [-0.1, -0.05) is 37.3 Å². The maximum absolute atomic E-state index is 5.90.